The third kappa shape index (κ3) is 2.49. The highest BCUT2D eigenvalue weighted by Gasteiger charge is 2.13. The summed E-state index contributed by atoms with van der Waals surface area (Å²) in [5.41, 5.74) is 2.26. The Balaban J connectivity index is 2.30. The van der Waals surface area contributed by atoms with E-state index in [0.717, 1.165) is 11.3 Å². The quantitative estimate of drug-likeness (QED) is 0.717. The fourth-order valence-corrected chi connectivity index (χ4v) is 1.88. The Hall–Kier alpha value is -2.20. The number of terminal acetylenes is 1. The van der Waals surface area contributed by atoms with Crippen LogP contribution < -0.4 is 4.90 Å². The molecule has 0 amide bonds. The van der Waals surface area contributed by atoms with Crippen LogP contribution in [0.25, 0.3) is 0 Å². The van der Waals surface area contributed by atoms with E-state index in [0.29, 0.717) is 0 Å². The van der Waals surface area contributed by atoms with E-state index in [4.69, 9.17) is 6.42 Å². The topological polar surface area (TPSA) is 3.24 Å². The molecule has 2 aromatic carbocycles. The van der Waals surface area contributed by atoms with E-state index in [2.05, 4.69) is 35.1 Å². The summed E-state index contributed by atoms with van der Waals surface area (Å²) in [6, 6.07) is 20.3. The first kappa shape index (κ1) is 11.3. The van der Waals surface area contributed by atoms with E-state index in [-0.39, 0.29) is 6.04 Å². The molecule has 0 aliphatic carbocycles. The standard InChI is InChI=1S/C16H15N/c1-3-16(14-10-6-4-7-11-14)17(2)15-12-8-5-9-13-15/h1,4-13,16H,2H3. The van der Waals surface area contributed by atoms with Gasteiger partial charge in [-0.15, -0.1) is 6.42 Å². The van der Waals surface area contributed by atoms with Crippen LogP contribution in [-0.2, 0) is 0 Å². The smallest absolute Gasteiger partial charge is 0.115 e. The summed E-state index contributed by atoms with van der Waals surface area (Å²) in [5, 5.41) is 0. The second-order valence-corrected chi connectivity index (χ2v) is 3.93. The van der Waals surface area contributed by atoms with Crippen molar-refractivity contribution in [1.82, 2.24) is 0 Å². The Morgan fingerprint density at radius 3 is 2.00 bits per heavy atom. The molecule has 0 aliphatic heterocycles. The highest BCUT2D eigenvalue weighted by atomic mass is 15.1. The van der Waals surface area contributed by atoms with Gasteiger partial charge in [0.05, 0.1) is 0 Å². The van der Waals surface area contributed by atoms with Crippen molar-refractivity contribution in [1.29, 1.82) is 0 Å². The van der Waals surface area contributed by atoms with Crippen LogP contribution in [0.3, 0.4) is 0 Å². The van der Waals surface area contributed by atoms with Crippen LogP contribution in [0, 0.1) is 12.3 Å². The molecule has 0 spiro atoms. The average Bonchev–Trinajstić information content (AvgIpc) is 2.42. The largest absolute Gasteiger partial charge is 0.357 e. The summed E-state index contributed by atoms with van der Waals surface area (Å²) in [6.45, 7) is 0. The van der Waals surface area contributed by atoms with Crippen molar-refractivity contribution in [3.8, 4) is 12.3 Å². The first-order valence-corrected chi connectivity index (χ1v) is 5.62. The van der Waals surface area contributed by atoms with Crippen molar-refractivity contribution in [2.45, 2.75) is 6.04 Å². The molecular weight excluding hydrogens is 206 g/mol. The molecule has 1 atom stereocenters. The third-order valence-electron chi connectivity index (χ3n) is 2.82. The lowest BCUT2D eigenvalue weighted by Gasteiger charge is -2.26. The molecule has 17 heavy (non-hydrogen) atoms. The van der Waals surface area contributed by atoms with Crippen molar-refractivity contribution >= 4 is 5.69 Å². The maximum absolute atomic E-state index is 5.65. The lowest BCUT2D eigenvalue weighted by Crippen LogP contribution is -2.22. The van der Waals surface area contributed by atoms with E-state index < -0.39 is 0 Å². The van der Waals surface area contributed by atoms with Gasteiger partial charge in [0.2, 0.25) is 0 Å². The maximum Gasteiger partial charge on any atom is 0.115 e. The van der Waals surface area contributed by atoms with Crippen LogP contribution in [0.2, 0.25) is 0 Å². The lowest BCUT2D eigenvalue weighted by molar-refractivity contribution is 0.835. The summed E-state index contributed by atoms with van der Waals surface area (Å²) in [6.07, 6.45) is 5.65. The van der Waals surface area contributed by atoms with Crippen LogP contribution in [0.1, 0.15) is 11.6 Å². The van der Waals surface area contributed by atoms with E-state index in [1.165, 1.54) is 0 Å². The van der Waals surface area contributed by atoms with Crippen molar-refractivity contribution in [3.05, 3.63) is 66.2 Å². The summed E-state index contributed by atoms with van der Waals surface area (Å²) < 4.78 is 0. The second kappa shape index (κ2) is 5.23. The predicted octanol–water partition coefficient (Wildman–Crippen LogP) is 3.50. The fourth-order valence-electron chi connectivity index (χ4n) is 1.88. The molecular formula is C16H15N. The van der Waals surface area contributed by atoms with Crippen molar-refractivity contribution in [2.24, 2.45) is 0 Å². The zero-order chi connectivity index (χ0) is 12.1. The highest BCUT2D eigenvalue weighted by molar-refractivity contribution is 5.50. The van der Waals surface area contributed by atoms with Gasteiger partial charge >= 0.3 is 0 Å². The van der Waals surface area contributed by atoms with Gasteiger partial charge in [0.1, 0.15) is 6.04 Å². The van der Waals surface area contributed by atoms with Crippen molar-refractivity contribution in [2.75, 3.05) is 11.9 Å². The first-order valence-electron chi connectivity index (χ1n) is 5.62. The maximum atomic E-state index is 5.65. The predicted molar refractivity (Wildman–Crippen MR) is 72.9 cm³/mol. The average molecular weight is 221 g/mol. The minimum Gasteiger partial charge on any atom is -0.357 e. The Bertz CT molecular complexity index is 496. The normalized spacial score (nSPS) is 11.5. The van der Waals surface area contributed by atoms with Crippen molar-refractivity contribution < 1.29 is 0 Å². The molecule has 2 aromatic rings. The number of nitrogens with zero attached hydrogens (tertiary/aromatic N) is 1. The van der Waals surface area contributed by atoms with E-state index in [9.17, 15) is 0 Å². The first-order chi connectivity index (χ1) is 8.33. The SMILES string of the molecule is C#CC(c1ccccc1)N(C)c1ccccc1. The van der Waals surface area contributed by atoms with E-state index in [1.807, 2.05) is 43.4 Å². The highest BCUT2D eigenvalue weighted by Crippen LogP contribution is 2.24. The number of rotatable bonds is 3. The van der Waals surface area contributed by atoms with Gasteiger partial charge in [-0.3, -0.25) is 0 Å². The summed E-state index contributed by atoms with van der Waals surface area (Å²) in [4.78, 5) is 2.11. The Kier molecular flexibility index (Phi) is 3.47. The number of hydrogen-bond acceptors (Lipinski definition) is 1. The van der Waals surface area contributed by atoms with Crippen LogP contribution in [0.15, 0.2) is 60.7 Å². The minimum absolute atomic E-state index is 0.0291. The van der Waals surface area contributed by atoms with Gasteiger partial charge in [0, 0.05) is 12.7 Å². The van der Waals surface area contributed by atoms with Gasteiger partial charge in [-0.1, -0.05) is 54.5 Å². The molecule has 0 radical (unpaired) electrons. The van der Waals surface area contributed by atoms with Gasteiger partial charge in [0.15, 0.2) is 0 Å². The molecule has 2 rings (SSSR count). The summed E-state index contributed by atoms with van der Waals surface area (Å²) in [5.74, 6) is 2.84. The van der Waals surface area contributed by atoms with Crippen molar-refractivity contribution in [3.63, 3.8) is 0 Å². The fraction of sp³-hybridized carbons (Fsp3) is 0.125. The molecule has 0 heterocycles. The molecule has 84 valence electrons. The summed E-state index contributed by atoms with van der Waals surface area (Å²) >= 11 is 0. The molecule has 1 heteroatoms. The molecule has 0 aromatic heterocycles. The molecule has 0 aliphatic rings. The molecule has 0 N–H and O–H groups in total. The zero-order valence-corrected chi connectivity index (χ0v) is 9.88. The van der Waals surface area contributed by atoms with E-state index >= 15 is 0 Å². The molecule has 1 nitrogen and oxygen atoms in total. The van der Waals surface area contributed by atoms with Gasteiger partial charge in [-0.05, 0) is 17.7 Å². The van der Waals surface area contributed by atoms with Gasteiger partial charge in [-0.25, -0.2) is 0 Å². The molecule has 0 fully saturated rings. The van der Waals surface area contributed by atoms with Gasteiger partial charge < -0.3 is 4.90 Å². The molecule has 0 saturated carbocycles. The van der Waals surface area contributed by atoms with Crippen LogP contribution in [0.5, 0.6) is 0 Å². The van der Waals surface area contributed by atoms with Crippen LogP contribution in [-0.4, -0.2) is 7.05 Å². The number of anilines is 1. The summed E-state index contributed by atoms with van der Waals surface area (Å²) in [7, 11) is 2.02. The van der Waals surface area contributed by atoms with Crippen LogP contribution >= 0.6 is 0 Å². The monoisotopic (exact) mass is 221 g/mol. The Morgan fingerprint density at radius 1 is 0.941 bits per heavy atom. The number of hydrogen-bond donors (Lipinski definition) is 0. The second-order valence-electron chi connectivity index (χ2n) is 3.93. The third-order valence-corrected chi connectivity index (χ3v) is 2.82. The van der Waals surface area contributed by atoms with Gasteiger partial charge in [-0.2, -0.15) is 0 Å². The molecule has 0 bridgehead atoms. The number of para-hydroxylation sites is 1. The Morgan fingerprint density at radius 2 is 1.47 bits per heavy atom. The van der Waals surface area contributed by atoms with E-state index in [1.54, 1.807) is 0 Å². The molecule has 0 saturated heterocycles. The Labute approximate surface area is 103 Å². The van der Waals surface area contributed by atoms with Crippen LogP contribution in [0.4, 0.5) is 5.69 Å². The number of benzene rings is 2. The minimum atomic E-state index is -0.0291. The molecule has 1 unspecified atom stereocenters. The zero-order valence-electron chi connectivity index (χ0n) is 9.88. The lowest BCUT2D eigenvalue weighted by atomic mass is 10.1. The van der Waals surface area contributed by atoms with Gasteiger partial charge in [0.25, 0.3) is 0 Å².